The van der Waals surface area contributed by atoms with Crippen LogP contribution in [0, 0.1) is 0 Å². The summed E-state index contributed by atoms with van der Waals surface area (Å²) in [5, 5.41) is 8.70. The fraction of sp³-hybridized carbons (Fsp3) is 0.917. The van der Waals surface area contributed by atoms with Crippen LogP contribution in [0.4, 0.5) is 0 Å². The number of carboxylic acids is 1. The van der Waals surface area contributed by atoms with Crippen LogP contribution in [-0.4, -0.2) is 35.1 Å². The highest BCUT2D eigenvalue weighted by molar-refractivity contribution is 5.66. The standard InChI is InChI=1S/C12H23NO2/c1-2-3-9-13(10-8-12(14)15)11-6-4-5-7-11/h11H,2-10H2,1H3,(H,14,15). The number of hydrogen-bond donors (Lipinski definition) is 1. The first kappa shape index (κ1) is 12.5. The molecule has 1 saturated carbocycles. The number of carbonyl (C=O) groups is 1. The summed E-state index contributed by atoms with van der Waals surface area (Å²) in [5.74, 6) is -0.672. The number of unbranched alkanes of at least 4 members (excludes halogenated alkanes) is 1. The van der Waals surface area contributed by atoms with Crippen molar-refractivity contribution in [1.29, 1.82) is 0 Å². The largest absolute Gasteiger partial charge is 0.481 e. The van der Waals surface area contributed by atoms with Crippen LogP contribution in [0.1, 0.15) is 51.9 Å². The molecule has 1 rings (SSSR count). The summed E-state index contributed by atoms with van der Waals surface area (Å²) < 4.78 is 0. The quantitative estimate of drug-likeness (QED) is 0.706. The van der Waals surface area contributed by atoms with Crippen molar-refractivity contribution in [2.45, 2.75) is 57.9 Å². The SMILES string of the molecule is CCCCN(CCC(=O)O)C1CCCC1. The number of aliphatic carboxylic acids is 1. The molecular weight excluding hydrogens is 190 g/mol. The van der Waals surface area contributed by atoms with Crippen molar-refractivity contribution in [2.75, 3.05) is 13.1 Å². The Bertz CT molecular complexity index is 188. The van der Waals surface area contributed by atoms with Crippen LogP contribution in [0.2, 0.25) is 0 Å². The molecule has 0 saturated heterocycles. The highest BCUT2D eigenvalue weighted by Gasteiger charge is 2.22. The molecule has 1 aliphatic carbocycles. The number of rotatable bonds is 7. The minimum absolute atomic E-state index is 0.292. The molecule has 0 spiro atoms. The molecule has 1 fully saturated rings. The average Bonchev–Trinajstić information content (AvgIpc) is 2.71. The van der Waals surface area contributed by atoms with E-state index in [0.717, 1.165) is 13.1 Å². The number of carboxylic acid groups (broad SMARTS) is 1. The molecule has 1 N–H and O–H groups in total. The van der Waals surface area contributed by atoms with Crippen molar-refractivity contribution in [3.63, 3.8) is 0 Å². The molecule has 0 bridgehead atoms. The molecule has 0 aromatic heterocycles. The van der Waals surface area contributed by atoms with Crippen molar-refractivity contribution >= 4 is 5.97 Å². The molecule has 0 aromatic carbocycles. The maximum atomic E-state index is 10.6. The smallest absolute Gasteiger partial charge is 0.304 e. The van der Waals surface area contributed by atoms with Gasteiger partial charge in [0.1, 0.15) is 0 Å². The van der Waals surface area contributed by atoms with Gasteiger partial charge in [-0.3, -0.25) is 9.69 Å². The monoisotopic (exact) mass is 213 g/mol. The highest BCUT2D eigenvalue weighted by Crippen LogP contribution is 2.23. The molecule has 0 aliphatic heterocycles. The second kappa shape index (κ2) is 6.83. The molecule has 0 amide bonds. The van der Waals surface area contributed by atoms with E-state index in [2.05, 4.69) is 11.8 Å². The second-order valence-electron chi connectivity index (χ2n) is 4.47. The van der Waals surface area contributed by atoms with E-state index < -0.39 is 5.97 Å². The first-order valence-corrected chi connectivity index (χ1v) is 6.20. The Kier molecular flexibility index (Phi) is 5.69. The molecule has 0 radical (unpaired) electrons. The summed E-state index contributed by atoms with van der Waals surface area (Å²) in [6, 6.07) is 0.663. The van der Waals surface area contributed by atoms with Gasteiger partial charge in [0.15, 0.2) is 0 Å². The molecular formula is C12H23NO2. The van der Waals surface area contributed by atoms with Crippen LogP contribution >= 0.6 is 0 Å². The summed E-state index contributed by atoms with van der Waals surface area (Å²) in [4.78, 5) is 13.0. The van der Waals surface area contributed by atoms with E-state index in [1.54, 1.807) is 0 Å². The lowest BCUT2D eigenvalue weighted by molar-refractivity contribution is -0.137. The van der Waals surface area contributed by atoms with Crippen molar-refractivity contribution < 1.29 is 9.90 Å². The van der Waals surface area contributed by atoms with E-state index >= 15 is 0 Å². The van der Waals surface area contributed by atoms with Gasteiger partial charge >= 0.3 is 5.97 Å². The van der Waals surface area contributed by atoms with Gasteiger partial charge in [0, 0.05) is 12.6 Å². The Hall–Kier alpha value is -0.570. The fourth-order valence-corrected chi connectivity index (χ4v) is 2.35. The number of hydrogen-bond acceptors (Lipinski definition) is 2. The van der Waals surface area contributed by atoms with Crippen molar-refractivity contribution in [2.24, 2.45) is 0 Å². The minimum atomic E-state index is -0.672. The zero-order valence-electron chi connectivity index (χ0n) is 9.74. The van der Waals surface area contributed by atoms with Gasteiger partial charge in [-0.15, -0.1) is 0 Å². The zero-order valence-corrected chi connectivity index (χ0v) is 9.74. The number of nitrogens with zero attached hydrogens (tertiary/aromatic N) is 1. The molecule has 0 heterocycles. The van der Waals surface area contributed by atoms with Gasteiger partial charge in [-0.2, -0.15) is 0 Å². The maximum absolute atomic E-state index is 10.6. The highest BCUT2D eigenvalue weighted by atomic mass is 16.4. The van der Waals surface area contributed by atoms with Gasteiger partial charge in [-0.05, 0) is 25.8 Å². The summed E-state index contributed by atoms with van der Waals surface area (Å²) >= 11 is 0. The Morgan fingerprint density at radius 1 is 1.33 bits per heavy atom. The third-order valence-corrected chi connectivity index (χ3v) is 3.25. The Balaban J connectivity index is 2.33. The van der Waals surface area contributed by atoms with Crippen LogP contribution in [0.25, 0.3) is 0 Å². The zero-order chi connectivity index (χ0) is 11.1. The van der Waals surface area contributed by atoms with E-state index in [9.17, 15) is 4.79 Å². The Morgan fingerprint density at radius 2 is 2.00 bits per heavy atom. The van der Waals surface area contributed by atoms with Gasteiger partial charge < -0.3 is 5.11 Å². The van der Waals surface area contributed by atoms with Gasteiger partial charge in [0.2, 0.25) is 0 Å². The Labute approximate surface area is 92.5 Å². The van der Waals surface area contributed by atoms with Crippen LogP contribution in [0.15, 0.2) is 0 Å². The lowest BCUT2D eigenvalue weighted by atomic mass is 10.2. The minimum Gasteiger partial charge on any atom is -0.481 e. The van der Waals surface area contributed by atoms with E-state index in [0.29, 0.717) is 12.5 Å². The van der Waals surface area contributed by atoms with Crippen LogP contribution < -0.4 is 0 Å². The molecule has 15 heavy (non-hydrogen) atoms. The predicted octanol–water partition coefficient (Wildman–Crippen LogP) is 2.51. The van der Waals surface area contributed by atoms with E-state index in [-0.39, 0.29) is 0 Å². The summed E-state index contributed by atoms with van der Waals surface area (Å²) in [6.45, 7) is 4.00. The predicted molar refractivity (Wildman–Crippen MR) is 61.0 cm³/mol. The van der Waals surface area contributed by atoms with Gasteiger partial charge in [-0.25, -0.2) is 0 Å². The molecule has 3 heteroatoms. The molecule has 1 aliphatic rings. The van der Waals surface area contributed by atoms with Gasteiger partial charge in [-0.1, -0.05) is 26.2 Å². The van der Waals surface area contributed by atoms with E-state index in [4.69, 9.17) is 5.11 Å². The molecule has 0 atom stereocenters. The van der Waals surface area contributed by atoms with Crippen molar-refractivity contribution in [3.8, 4) is 0 Å². The normalized spacial score (nSPS) is 17.5. The van der Waals surface area contributed by atoms with Gasteiger partial charge in [0.05, 0.1) is 6.42 Å². The third kappa shape index (κ3) is 4.65. The lowest BCUT2D eigenvalue weighted by Gasteiger charge is -2.28. The van der Waals surface area contributed by atoms with Crippen LogP contribution in [-0.2, 0) is 4.79 Å². The first-order chi connectivity index (χ1) is 7.24. The molecule has 3 nitrogen and oxygen atoms in total. The molecule has 88 valence electrons. The summed E-state index contributed by atoms with van der Waals surface area (Å²) in [6.07, 6.45) is 7.85. The molecule has 0 aromatic rings. The van der Waals surface area contributed by atoms with Gasteiger partial charge in [0.25, 0.3) is 0 Å². The maximum Gasteiger partial charge on any atom is 0.304 e. The Morgan fingerprint density at radius 3 is 2.53 bits per heavy atom. The first-order valence-electron chi connectivity index (χ1n) is 6.20. The summed E-state index contributed by atoms with van der Waals surface area (Å²) in [5.41, 5.74) is 0. The van der Waals surface area contributed by atoms with Crippen LogP contribution in [0.3, 0.4) is 0 Å². The van der Waals surface area contributed by atoms with E-state index in [1.807, 2.05) is 0 Å². The van der Waals surface area contributed by atoms with E-state index in [1.165, 1.54) is 38.5 Å². The second-order valence-corrected chi connectivity index (χ2v) is 4.47. The topological polar surface area (TPSA) is 40.5 Å². The third-order valence-electron chi connectivity index (χ3n) is 3.25. The van der Waals surface area contributed by atoms with Crippen LogP contribution in [0.5, 0.6) is 0 Å². The molecule has 0 unspecified atom stereocenters. The lowest BCUT2D eigenvalue weighted by Crippen LogP contribution is -2.35. The summed E-state index contributed by atoms with van der Waals surface area (Å²) in [7, 11) is 0. The van der Waals surface area contributed by atoms with Crippen molar-refractivity contribution in [1.82, 2.24) is 4.90 Å². The average molecular weight is 213 g/mol. The van der Waals surface area contributed by atoms with Crippen molar-refractivity contribution in [3.05, 3.63) is 0 Å². The fourth-order valence-electron chi connectivity index (χ4n) is 2.35.